The lowest BCUT2D eigenvalue weighted by atomic mass is 9.72. The van der Waals surface area contributed by atoms with Crippen molar-refractivity contribution in [1.29, 1.82) is 0 Å². The van der Waals surface area contributed by atoms with Crippen molar-refractivity contribution in [3.8, 4) is 11.8 Å². The number of carbonyl (C=O) groups is 1. The van der Waals surface area contributed by atoms with Crippen LogP contribution >= 0.6 is 15.9 Å². The molecule has 3 aliphatic rings. The van der Waals surface area contributed by atoms with Crippen molar-refractivity contribution in [3.63, 3.8) is 0 Å². The maximum Gasteiger partial charge on any atom is 0.422 e. The predicted octanol–water partition coefficient (Wildman–Crippen LogP) is 5.70. The molecule has 11 nitrogen and oxygen atoms in total. The molecule has 0 saturated carbocycles. The Labute approximate surface area is 287 Å². The Morgan fingerprint density at radius 1 is 1.12 bits per heavy atom. The first-order valence-electron chi connectivity index (χ1n) is 16.0. The highest BCUT2D eigenvalue weighted by Gasteiger charge is 2.48. The smallest absolute Gasteiger partial charge is 0.422 e. The predicted molar refractivity (Wildman–Crippen MR) is 180 cm³/mol. The van der Waals surface area contributed by atoms with E-state index < -0.39 is 28.2 Å². The number of hydrogen-bond acceptors (Lipinski definition) is 10. The normalized spacial score (nSPS) is 19.3. The van der Waals surface area contributed by atoms with Crippen molar-refractivity contribution in [2.75, 3.05) is 69.3 Å². The molecule has 0 bridgehead atoms. The quantitative estimate of drug-likeness (QED) is 0.315. The minimum Gasteiger partial charge on any atom is -0.481 e. The summed E-state index contributed by atoms with van der Waals surface area (Å²) in [4.78, 5) is 27.9. The van der Waals surface area contributed by atoms with Crippen LogP contribution < -0.4 is 14.4 Å². The first kappa shape index (κ1) is 36.4. The number of piperidine rings is 2. The summed E-state index contributed by atoms with van der Waals surface area (Å²) in [7, 11) is -3.08. The minimum atomic E-state index is -4.58. The van der Waals surface area contributed by atoms with Crippen molar-refractivity contribution >= 4 is 54.7 Å². The van der Waals surface area contributed by atoms with E-state index in [1.54, 1.807) is 11.0 Å². The molecule has 48 heavy (non-hydrogen) atoms. The van der Waals surface area contributed by atoms with E-state index in [4.69, 9.17) is 19.2 Å². The van der Waals surface area contributed by atoms with Gasteiger partial charge in [0.25, 0.3) is 0 Å². The second-order valence-corrected chi connectivity index (χ2v) is 17.1. The molecule has 1 aromatic heterocycles. The largest absolute Gasteiger partial charge is 0.481 e. The summed E-state index contributed by atoms with van der Waals surface area (Å²) >= 11 is 3.41. The van der Waals surface area contributed by atoms with Gasteiger partial charge in [0.05, 0.1) is 10.2 Å². The van der Waals surface area contributed by atoms with E-state index in [9.17, 15) is 26.4 Å². The first-order chi connectivity index (χ1) is 22.3. The maximum absolute atomic E-state index is 13.3. The van der Waals surface area contributed by atoms with Crippen LogP contribution in [0, 0.1) is 5.41 Å². The third-order valence-electron chi connectivity index (χ3n) is 8.89. The molecule has 3 fully saturated rings. The standard InChI is InChI=1S/C32H43BrF3N5O6S/c1-6-21-17-23-25(26(24(21)33)45-20-32(34,35)36)37-28(46-22-7-11-39(12-8-22)15-16-48(5,43)44)38-27(23)40-13-9-31(10-14-40)18-41(19-31)29(42)47-30(2,3)4/h6,17,22H,1,7-16,18-20H2,2-5H3. The summed E-state index contributed by atoms with van der Waals surface area (Å²) in [6.07, 6.45) is 0.355. The Bertz CT molecular complexity index is 1630. The van der Waals surface area contributed by atoms with E-state index in [2.05, 4.69) is 37.3 Å². The molecule has 1 aromatic carbocycles. The van der Waals surface area contributed by atoms with Crippen molar-refractivity contribution < 1.29 is 40.6 Å². The number of rotatable bonds is 9. The summed E-state index contributed by atoms with van der Waals surface area (Å²) in [6, 6.07) is 1.81. The lowest BCUT2D eigenvalue weighted by Gasteiger charge is -2.53. The number of aromatic nitrogens is 2. The fourth-order valence-corrected chi connectivity index (χ4v) is 7.52. The molecule has 1 spiro atoms. The van der Waals surface area contributed by atoms with Gasteiger partial charge in [-0.25, -0.2) is 13.2 Å². The van der Waals surface area contributed by atoms with Crippen LogP contribution in [0.25, 0.3) is 17.0 Å². The van der Waals surface area contributed by atoms with Gasteiger partial charge >= 0.3 is 18.3 Å². The summed E-state index contributed by atoms with van der Waals surface area (Å²) < 4.78 is 80.7. The molecule has 2 aromatic rings. The summed E-state index contributed by atoms with van der Waals surface area (Å²) in [5.41, 5.74) is 0.0908. The second-order valence-electron chi connectivity index (χ2n) is 14.1. The van der Waals surface area contributed by atoms with Crippen LogP contribution in [0.4, 0.5) is 23.8 Å². The highest BCUT2D eigenvalue weighted by molar-refractivity contribution is 9.10. The number of ether oxygens (including phenoxy) is 3. The monoisotopic (exact) mass is 761 g/mol. The summed E-state index contributed by atoms with van der Waals surface area (Å²) in [5.74, 6) is 0.518. The van der Waals surface area contributed by atoms with Crippen molar-refractivity contribution in [2.45, 2.75) is 64.3 Å². The highest BCUT2D eigenvalue weighted by Crippen LogP contribution is 2.45. The first-order valence-corrected chi connectivity index (χ1v) is 18.8. The molecule has 0 aliphatic carbocycles. The van der Waals surface area contributed by atoms with Gasteiger partial charge in [0, 0.05) is 62.9 Å². The topological polar surface area (TPSA) is 114 Å². The van der Waals surface area contributed by atoms with Gasteiger partial charge in [-0.15, -0.1) is 0 Å². The van der Waals surface area contributed by atoms with Gasteiger partial charge in [-0.05, 0) is 74.0 Å². The van der Waals surface area contributed by atoms with Crippen LogP contribution in [0.2, 0.25) is 0 Å². The van der Waals surface area contributed by atoms with Crippen LogP contribution in [0.5, 0.6) is 11.8 Å². The van der Waals surface area contributed by atoms with Gasteiger partial charge in [-0.1, -0.05) is 12.7 Å². The van der Waals surface area contributed by atoms with Crippen LogP contribution in [0.3, 0.4) is 0 Å². The number of carbonyl (C=O) groups excluding carboxylic acids is 1. The molecule has 4 heterocycles. The molecule has 3 saturated heterocycles. The van der Waals surface area contributed by atoms with Gasteiger partial charge in [-0.2, -0.15) is 23.1 Å². The fraction of sp³-hybridized carbons (Fsp3) is 0.656. The number of benzene rings is 1. The number of alkyl halides is 3. The number of sulfone groups is 1. The van der Waals surface area contributed by atoms with Gasteiger partial charge < -0.3 is 28.9 Å². The average Bonchev–Trinajstić information content (AvgIpc) is 2.97. The molecule has 3 aliphatic heterocycles. The van der Waals surface area contributed by atoms with Crippen LogP contribution in [0.1, 0.15) is 52.0 Å². The van der Waals surface area contributed by atoms with E-state index in [-0.39, 0.29) is 40.6 Å². The Kier molecular flexibility index (Phi) is 10.5. The molecular weight excluding hydrogens is 719 g/mol. The van der Waals surface area contributed by atoms with Gasteiger partial charge in [0.15, 0.2) is 12.4 Å². The molecule has 5 rings (SSSR count). The Morgan fingerprint density at radius 2 is 1.77 bits per heavy atom. The van der Waals surface area contributed by atoms with Gasteiger partial charge in [-0.3, -0.25) is 0 Å². The third kappa shape index (κ3) is 9.03. The molecule has 0 radical (unpaired) electrons. The van der Waals surface area contributed by atoms with E-state index in [1.807, 2.05) is 20.8 Å². The van der Waals surface area contributed by atoms with E-state index >= 15 is 0 Å². The summed E-state index contributed by atoms with van der Waals surface area (Å²) in [6.45, 7) is 11.9. The zero-order valence-corrected chi connectivity index (χ0v) is 30.1. The number of anilines is 1. The molecule has 266 valence electrons. The Balaban J connectivity index is 1.40. The van der Waals surface area contributed by atoms with Crippen LogP contribution in [-0.4, -0.2) is 117 Å². The molecule has 0 N–H and O–H groups in total. The molecular formula is C32H43BrF3N5O6S. The number of amides is 1. The van der Waals surface area contributed by atoms with Crippen molar-refractivity contribution in [1.82, 2.24) is 19.8 Å². The molecule has 1 amide bonds. The lowest BCUT2D eigenvalue weighted by molar-refractivity contribution is -0.153. The maximum atomic E-state index is 13.3. The van der Waals surface area contributed by atoms with Crippen LogP contribution in [-0.2, 0) is 14.6 Å². The van der Waals surface area contributed by atoms with Crippen molar-refractivity contribution in [2.24, 2.45) is 5.41 Å². The number of nitrogens with zero attached hydrogens (tertiary/aromatic N) is 5. The van der Waals surface area contributed by atoms with E-state index in [0.717, 1.165) is 12.8 Å². The van der Waals surface area contributed by atoms with Gasteiger partial charge in [0.1, 0.15) is 32.9 Å². The zero-order valence-electron chi connectivity index (χ0n) is 27.7. The number of halogens is 4. The fourth-order valence-electron chi connectivity index (χ4n) is 6.35. The minimum absolute atomic E-state index is 0.0298. The second kappa shape index (κ2) is 13.8. The zero-order chi connectivity index (χ0) is 35.1. The Hall–Kier alpha value is -2.85. The highest BCUT2D eigenvalue weighted by atomic mass is 79.9. The van der Waals surface area contributed by atoms with E-state index in [1.165, 1.54) is 12.3 Å². The Morgan fingerprint density at radius 3 is 2.33 bits per heavy atom. The van der Waals surface area contributed by atoms with Crippen LogP contribution in [0.15, 0.2) is 17.1 Å². The molecule has 0 unspecified atom stereocenters. The average molecular weight is 763 g/mol. The number of hydrogen-bond donors (Lipinski definition) is 0. The van der Waals surface area contributed by atoms with Gasteiger partial charge in [0.2, 0.25) is 0 Å². The molecule has 16 heteroatoms. The SMILES string of the molecule is C=Cc1cc2c(N3CCC4(CC3)CN(C(=O)OC(C)(C)C)C4)nc(OC3CCN(CCS(C)(=O)=O)CC3)nc2c(OCC(F)(F)F)c1Br. The lowest BCUT2D eigenvalue weighted by Crippen LogP contribution is -2.62. The van der Waals surface area contributed by atoms with E-state index in [0.29, 0.717) is 79.9 Å². The van der Waals surface area contributed by atoms with Crippen molar-refractivity contribution in [3.05, 3.63) is 22.7 Å². The third-order valence-corrected chi connectivity index (χ3v) is 10.6. The summed E-state index contributed by atoms with van der Waals surface area (Å²) in [5, 5.41) is 0.508. The number of likely N-dealkylation sites (tertiary alicyclic amines) is 2. The number of fused-ring (bicyclic) bond motifs is 1. The molecule has 0 atom stereocenters.